The molecule has 13 heteroatoms. The van der Waals surface area contributed by atoms with Crippen LogP contribution in [0, 0.1) is 5.82 Å². The molecule has 3 aromatic carbocycles. The topological polar surface area (TPSA) is 98.1 Å². The summed E-state index contributed by atoms with van der Waals surface area (Å²) in [6, 6.07) is 10.5. The second-order valence-corrected chi connectivity index (χ2v) is 11.3. The zero-order valence-corrected chi connectivity index (χ0v) is 21.7. The van der Waals surface area contributed by atoms with Crippen LogP contribution < -0.4 is 8.61 Å². The summed E-state index contributed by atoms with van der Waals surface area (Å²) >= 11 is 6.35. The molecule has 4 rings (SSSR count). The van der Waals surface area contributed by atoms with Gasteiger partial charge >= 0.3 is 22.4 Å². The molecule has 202 valence electrons. The van der Waals surface area contributed by atoms with Gasteiger partial charge in [-0.1, -0.05) is 42.8 Å². The maximum absolute atomic E-state index is 14.5. The lowest BCUT2D eigenvalue weighted by Crippen LogP contribution is -2.46. The van der Waals surface area contributed by atoms with Gasteiger partial charge in [0.15, 0.2) is 5.60 Å². The number of hydrogen-bond acceptors (Lipinski definition) is 4. The molecule has 0 aromatic heterocycles. The number of anilines is 2. The highest BCUT2D eigenvalue weighted by molar-refractivity contribution is 7.94. The molecule has 0 amide bonds. The Morgan fingerprint density at radius 3 is 2.08 bits per heavy atom. The minimum atomic E-state index is -5.19. The molecule has 0 radical (unpaired) electrons. The van der Waals surface area contributed by atoms with Crippen LogP contribution in [0.3, 0.4) is 0 Å². The second kappa shape index (κ2) is 9.14. The summed E-state index contributed by atoms with van der Waals surface area (Å²) in [5.74, 6) is -4.11. The summed E-state index contributed by atoms with van der Waals surface area (Å²) in [5.41, 5.74) is -3.99. The lowest BCUT2D eigenvalue weighted by atomic mass is 9.77. The highest BCUT2D eigenvalue weighted by atomic mass is 35.5. The molecule has 0 spiro atoms. The third kappa shape index (κ3) is 4.16. The van der Waals surface area contributed by atoms with Gasteiger partial charge < -0.3 is 10.2 Å². The quantitative estimate of drug-likeness (QED) is 0.392. The minimum absolute atomic E-state index is 0.0341. The Hall–Kier alpha value is -3.35. The van der Waals surface area contributed by atoms with Crippen LogP contribution in [0.25, 0.3) is 11.1 Å². The molecule has 0 bridgehead atoms. The molecule has 0 aliphatic carbocycles. The van der Waals surface area contributed by atoms with Crippen LogP contribution in [-0.2, 0) is 15.8 Å². The molecule has 2 N–H and O–H groups in total. The first-order valence-corrected chi connectivity index (χ1v) is 12.8. The monoisotopic (exact) mass is 572 g/mol. The summed E-state index contributed by atoms with van der Waals surface area (Å²) in [4.78, 5) is 11.1. The number of carboxylic acids is 1. The number of hydrogen-bond donors (Lipinski definition) is 2. The Labute approximate surface area is 220 Å². The largest absolute Gasteiger partial charge is 0.478 e. The van der Waals surface area contributed by atoms with Gasteiger partial charge in [0.25, 0.3) is 0 Å². The van der Waals surface area contributed by atoms with E-state index < -0.39 is 50.8 Å². The molecular weight excluding hydrogens is 552 g/mol. The van der Waals surface area contributed by atoms with Gasteiger partial charge in [0.05, 0.1) is 16.9 Å². The van der Waals surface area contributed by atoms with E-state index in [0.717, 1.165) is 39.8 Å². The van der Waals surface area contributed by atoms with Crippen LogP contribution in [0.4, 0.5) is 28.9 Å². The number of carboxylic acid groups (broad SMARTS) is 1. The number of nitrogens with zero attached hydrogens (tertiary/aromatic N) is 2. The van der Waals surface area contributed by atoms with Gasteiger partial charge in [0.2, 0.25) is 0 Å². The lowest BCUT2D eigenvalue weighted by molar-refractivity contribution is -0.274. The van der Waals surface area contributed by atoms with Gasteiger partial charge in [-0.2, -0.15) is 21.6 Å². The predicted molar refractivity (Wildman–Crippen MR) is 134 cm³/mol. The first-order chi connectivity index (χ1) is 17.5. The number of halogens is 5. The van der Waals surface area contributed by atoms with Crippen LogP contribution in [-0.4, -0.2) is 44.9 Å². The highest BCUT2D eigenvalue weighted by Crippen LogP contribution is 2.52. The maximum Gasteiger partial charge on any atom is 0.422 e. The van der Waals surface area contributed by atoms with E-state index in [4.69, 9.17) is 16.7 Å². The molecular formula is C25H21ClF4N2O5S. The summed E-state index contributed by atoms with van der Waals surface area (Å²) in [6.45, 7) is 1.13. The van der Waals surface area contributed by atoms with Crippen molar-refractivity contribution in [2.45, 2.75) is 24.6 Å². The third-order valence-electron chi connectivity index (χ3n) is 6.84. The molecule has 3 aromatic rings. The summed E-state index contributed by atoms with van der Waals surface area (Å²) < 4.78 is 84.3. The normalized spacial score (nSPS) is 17.2. The molecule has 0 unspecified atom stereocenters. The van der Waals surface area contributed by atoms with E-state index in [2.05, 4.69) is 0 Å². The zero-order chi connectivity index (χ0) is 28.4. The molecule has 0 fully saturated rings. The average molecular weight is 573 g/mol. The molecule has 1 aliphatic rings. The molecule has 0 saturated carbocycles. The van der Waals surface area contributed by atoms with Crippen LogP contribution in [0.15, 0.2) is 54.6 Å². The van der Waals surface area contributed by atoms with Gasteiger partial charge in [-0.25, -0.2) is 9.18 Å². The SMILES string of the molecule is C[C@H](c1ccc(-c2ccc(C(=O)O)c(F)c2)cc1Cl)[C@](O)(c1ccc2c(c1)N(C)S(=O)(=O)N2C)C(F)(F)F. The number of carbonyl (C=O) groups is 1. The van der Waals surface area contributed by atoms with Crippen molar-refractivity contribution < 1.29 is 41.0 Å². The number of rotatable bonds is 5. The Morgan fingerprint density at radius 2 is 1.53 bits per heavy atom. The molecule has 0 saturated heterocycles. The number of alkyl halides is 3. The van der Waals surface area contributed by atoms with E-state index in [0.29, 0.717) is 5.56 Å². The van der Waals surface area contributed by atoms with E-state index in [1.165, 1.54) is 44.4 Å². The summed E-state index contributed by atoms with van der Waals surface area (Å²) in [7, 11) is -1.50. The Balaban J connectivity index is 1.78. The second-order valence-electron chi connectivity index (χ2n) is 8.87. The van der Waals surface area contributed by atoms with Gasteiger partial charge in [-0.05, 0) is 52.6 Å². The number of fused-ring (bicyclic) bond motifs is 1. The van der Waals surface area contributed by atoms with Crippen molar-refractivity contribution in [1.82, 2.24) is 0 Å². The van der Waals surface area contributed by atoms with Crippen LogP contribution in [0.5, 0.6) is 0 Å². The van der Waals surface area contributed by atoms with Crippen molar-refractivity contribution in [2.75, 3.05) is 22.7 Å². The Kier molecular flexibility index (Phi) is 6.66. The highest BCUT2D eigenvalue weighted by Gasteiger charge is 2.59. The first-order valence-electron chi connectivity index (χ1n) is 11.0. The minimum Gasteiger partial charge on any atom is -0.478 e. The summed E-state index contributed by atoms with van der Waals surface area (Å²) in [6.07, 6.45) is -5.19. The van der Waals surface area contributed by atoms with Gasteiger partial charge in [0.1, 0.15) is 5.82 Å². The van der Waals surface area contributed by atoms with Crippen molar-refractivity contribution in [1.29, 1.82) is 0 Å². The molecule has 1 aliphatic heterocycles. The smallest absolute Gasteiger partial charge is 0.422 e. The lowest BCUT2D eigenvalue weighted by Gasteiger charge is -2.37. The van der Waals surface area contributed by atoms with Crippen molar-refractivity contribution in [3.63, 3.8) is 0 Å². The Bertz CT molecular complexity index is 1560. The number of aromatic carboxylic acids is 1. The molecule has 38 heavy (non-hydrogen) atoms. The van der Waals surface area contributed by atoms with Crippen molar-refractivity contribution >= 4 is 39.2 Å². The van der Waals surface area contributed by atoms with Gasteiger partial charge in [-0.15, -0.1) is 0 Å². The van der Waals surface area contributed by atoms with Crippen molar-refractivity contribution in [2.24, 2.45) is 0 Å². The number of benzene rings is 3. The fraction of sp³-hybridized carbons (Fsp3) is 0.240. The molecule has 1 heterocycles. The number of aliphatic hydroxyl groups is 1. The van der Waals surface area contributed by atoms with Crippen molar-refractivity contribution in [3.8, 4) is 11.1 Å². The zero-order valence-electron chi connectivity index (χ0n) is 20.1. The van der Waals surface area contributed by atoms with Crippen molar-refractivity contribution in [3.05, 3.63) is 82.1 Å². The fourth-order valence-electron chi connectivity index (χ4n) is 4.52. The van der Waals surface area contributed by atoms with Crippen LogP contribution in [0.1, 0.15) is 34.3 Å². The van der Waals surface area contributed by atoms with E-state index in [1.54, 1.807) is 0 Å². The summed E-state index contributed by atoms with van der Waals surface area (Å²) in [5, 5.41) is 20.1. The van der Waals surface area contributed by atoms with E-state index in [-0.39, 0.29) is 27.5 Å². The van der Waals surface area contributed by atoms with Gasteiger partial charge in [-0.3, -0.25) is 8.61 Å². The van der Waals surface area contributed by atoms with Gasteiger partial charge in [0, 0.05) is 25.0 Å². The predicted octanol–water partition coefficient (Wildman–Crippen LogP) is 5.53. The van der Waals surface area contributed by atoms with Crippen LogP contribution in [0.2, 0.25) is 5.02 Å². The first kappa shape index (κ1) is 27.7. The van der Waals surface area contributed by atoms with Crippen LogP contribution >= 0.6 is 11.6 Å². The molecule has 2 atom stereocenters. The molecule has 7 nitrogen and oxygen atoms in total. The maximum atomic E-state index is 14.5. The average Bonchev–Trinajstić information content (AvgIpc) is 3.01. The third-order valence-corrected chi connectivity index (χ3v) is 8.95. The standard InChI is InChI=1S/C25H21ClF4N2O5S/c1-13(17-7-4-14(10-19(17)26)15-5-8-18(23(33)34)20(27)11-15)24(35,25(28,29)30)16-6-9-21-22(12-16)32(3)38(36,37)31(21)2/h4-13,35H,1-3H3,(H,33,34)/t13-,24+/m1/s1. The Morgan fingerprint density at radius 1 is 0.947 bits per heavy atom. The van der Waals surface area contributed by atoms with E-state index in [9.17, 15) is 35.9 Å². The van der Waals surface area contributed by atoms with E-state index >= 15 is 0 Å². The van der Waals surface area contributed by atoms with E-state index in [1.807, 2.05) is 0 Å². The fourth-order valence-corrected chi connectivity index (χ4v) is 6.03.